The summed E-state index contributed by atoms with van der Waals surface area (Å²) in [6, 6.07) is 18.4. The molecule has 0 saturated heterocycles. The van der Waals surface area contributed by atoms with E-state index in [4.69, 9.17) is 0 Å². The lowest BCUT2D eigenvalue weighted by Gasteiger charge is -2.27. The smallest absolute Gasteiger partial charge is 0.273 e. The predicted molar refractivity (Wildman–Crippen MR) is 92.1 cm³/mol. The van der Waals surface area contributed by atoms with Crippen molar-refractivity contribution in [2.24, 2.45) is 0 Å². The molecule has 5 nitrogen and oxygen atoms in total. The fourth-order valence-electron chi connectivity index (χ4n) is 3.43. The van der Waals surface area contributed by atoms with E-state index in [1.165, 1.54) is 6.07 Å². The van der Waals surface area contributed by atoms with Crippen molar-refractivity contribution in [3.05, 3.63) is 81.9 Å². The van der Waals surface area contributed by atoms with Crippen LogP contribution in [0.4, 0.5) is 11.4 Å². The molecule has 1 amide bonds. The van der Waals surface area contributed by atoms with Crippen LogP contribution in [0.25, 0.3) is 10.8 Å². The number of nitro groups is 1. The molecule has 1 N–H and O–H groups in total. The third-order valence-corrected chi connectivity index (χ3v) is 4.50. The summed E-state index contributed by atoms with van der Waals surface area (Å²) in [5.41, 5.74) is 2.31. The van der Waals surface area contributed by atoms with Gasteiger partial charge in [-0.15, -0.1) is 0 Å². The number of nitrogens with zero attached hydrogens (tertiary/aromatic N) is 1. The van der Waals surface area contributed by atoms with Crippen molar-refractivity contribution in [2.75, 3.05) is 5.32 Å². The Morgan fingerprint density at radius 2 is 1.71 bits per heavy atom. The second-order valence-electron chi connectivity index (χ2n) is 5.87. The maximum atomic E-state index is 12.3. The summed E-state index contributed by atoms with van der Waals surface area (Å²) < 4.78 is 0. The molecule has 24 heavy (non-hydrogen) atoms. The first kappa shape index (κ1) is 14.4. The number of anilines is 1. The van der Waals surface area contributed by atoms with Gasteiger partial charge < -0.3 is 5.32 Å². The lowest BCUT2D eigenvalue weighted by Crippen LogP contribution is -2.24. The van der Waals surface area contributed by atoms with Gasteiger partial charge in [-0.2, -0.15) is 0 Å². The van der Waals surface area contributed by atoms with Crippen molar-refractivity contribution in [2.45, 2.75) is 12.3 Å². The molecule has 0 fully saturated rings. The number of carbonyl (C=O) groups excluding carboxylic acids is 1. The summed E-state index contributed by atoms with van der Waals surface area (Å²) in [7, 11) is 0. The maximum absolute atomic E-state index is 12.3. The topological polar surface area (TPSA) is 72.2 Å². The Hall–Kier alpha value is -3.21. The minimum Gasteiger partial charge on any atom is -0.325 e. The van der Waals surface area contributed by atoms with Gasteiger partial charge in [0.25, 0.3) is 5.69 Å². The minimum absolute atomic E-state index is 0.0521. The number of nitro benzene ring substituents is 1. The van der Waals surface area contributed by atoms with E-state index >= 15 is 0 Å². The van der Waals surface area contributed by atoms with E-state index < -0.39 is 0 Å². The highest BCUT2D eigenvalue weighted by Crippen LogP contribution is 2.43. The molecule has 0 saturated carbocycles. The van der Waals surface area contributed by atoms with Gasteiger partial charge in [0.1, 0.15) is 0 Å². The van der Waals surface area contributed by atoms with Crippen molar-refractivity contribution >= 4 is 28.1 Å². The summed E-state index contributed by atoms with van der Waals surface area (Å²) >= 11 is 0. The summed E-state index contributed by atoms with van der Waals surface area (Å²) in [5, 5.41) is 16.3. The Labute approximate surface area is 138 Å². The number of benzene rings is 3. The Kier molecular flexibility index (Phi) is 3.27. The van der Waals surface area contributed by atoms with Crippen molar-refractivity contribution in [1.29, 1.82) is 0 Å². The van der Waals surface area contributed by atoms with Gasteiger partial charge in [-0.1, -0.05) is 54.6 Å². The van der Waals surface area contributed by atoms with Crippen LogP contribution in [-0.4, -0.2) is 10.8 Å². The summed E-state index contributed by atoms with van der Waals surface area (Å²) in [5.74, 6) is -0.443. The molecule has 0 spiro atoms. The number of fused-ring (bicyclic) bond motifs is 3. The molecule has 0 radical (unpaired) electrons. The number of amides is 1. The zero-order chi connectivity index (χ0) is 16.7. The van der Waals surface area contributed by atoms with Gasteiger partial charge in [0.2, 0.25) is 5.91 Å². The number of rotatable bonds is 2. The molecule has 118 valence electrons. The molecule has 0 bridgehead atoms. The lowest BCUT2D eigenvalue weighted by molar-refractivity contribution is -0.385. The van der Waals surface area contributed by atoms with Crippen molar-refractivity contribution in [3.63, 3.8) is 0 Å². The van der Waals surface area contributed by atoms with Crippen molar-refractivity contribution < 1.29 is 9.72 Å². The number of hydrogen-bond acceptors (Lipinski definition) is 3. The average Bonchev–Trinajstić information content (AvgIpc) is 2.61. The van der Waals surface area contributed by atoms with Crippen LogP contribution in [0.3, 0.4) is 0 Å². The molecule has 0 aromatic heterocycles. The second kappa shape index (κ2) is 5.45. The zero-order valence-corrected chi connectivity index (χ0v) is 12.7. The molecule has 1 aliphatic heterocycles. The van der Waals surface area contributed by atoms with Crippen LogP contribution >= 0.6 is 0 Å². The number of para-hydroxylation sites is 1. The van der Waals surface area contributed by atoms with E-state index in [-0.39, 0.29) is 28.9 Å². The Morgan fingerprint density at radius 3 is 2.54 bits per heavy atom. The third-order valence-electron chi connectivity index (χ3n) is 4.50. The van der Waals surface area contributed by atoms with Crippen molar-refractivity contribution in [1.82, 2.24) is 0 Å². The van der Waals surface area contributed by atoms with Gasteiger partial charge in [-0.3, -0.25) is 14.9 Å². The molecule has 1 heterocycles. The molecule has 0 unspecified atom stereocenters. The van der Waals surface area contributed by atoms with Gasteiger partial charge >= 0.3 is 0 Å². The Morgan fingerprint density at radius 1 is 0.958 bits per heavy atom. The summed E-state index contributed by atoms with van der Waals surface area (Å²) in [6.45, 7) is 0. The van der Waals surface area contributed by atoms with E-state index in [0.29, 0.717) is 5.56 Å². The molecule has 4 rings (SSSR count). The maximum Gasteiger partial charge on any atom is 0.273 e. The SMILES string of the molecule is O=C1C[C@H](c2ccccc2[N+](=O)[O-])c2ccc3ccccc3c2N1. The van der Waals surface area contributed by atoms with Crippen LogP contribution in [0.5, 0.6) is 0 Å². The van der Waals surface area contributed by atoms with Crippen molar-refractivity contribution in [3.8, 4) is 0 Å². The van der Waals surface area contributed by atoms with Crippen LogP contribution in [0, 0.1) is 10.1 Å². The van der Waals surface area contributed by atoms with Gasteiger partial charge in [0, 0.05) is 29.4 Å². The largest absolute Gasteiger partial charge is 0.325 e. The first-order valence-electron chi connectivity index (χ1n) is 7.70. The number of hydrogen-bond donors (Lipinski definition) is 1. The lowest BCUT2D eigenvalue weighted by atomic mass is 9.82. The summed E-state index contributed by atoms with van der Waals surface area (Å²) in [4.78, 5) is 23.2. The highest BCUT2D eigenvalue weighted by molar-refractivity contribution is 6.06. The molecule has 0 aliphatic carbocycles. The first-order chi connectivity index (χ1) is 11.6. The van der Waals surface area contributed by atoms with E-state index in [9.17, 15) is 14.9 Å². The normalized spacial score (nSPS) is 16.5. The molecule has 1 aliphatic rings. The highest BCUT2D eigenvalue weighted by Gasteiger charge is 2.31. The predicted octanol–water partition coefficient (Wildman–Crippen LogP) is 4.22. The van der Waals surface area contributed by atoms with Gasteiger partial charge in [0.15, 0.2) is 0 Å². The van der Waals surface area contributed by atoms with Crippen LogP contribution < -0.4 is 5.32 Å². The Bertz CT molecular complexity index is 981. The average molecular weight is 318 g/mol. The highest BCUT2D eigenvalue weighted by atomic mass is 16.6. The monoisotopic (exact) mass is 318 g/mol. The van der Waals surface area contributed by atoms with E-state index in [1.807, 2.05) is 36.4 Å². The standard InChI is InChI=1S/C19H14N2O3/c22-18-11-16(14-7-3-4-8-17(14)21(23)24)15-10-9-12-5-1-2-6-13(12)19(15)20-18/h1-10,16H,11H2,(H,20,22)/t16-/m1/s1. The molecule has 1 atom stereocenters. The molecular formula is C19H14N2O3. The fraction of sp³-hybridized carbons (Fsp3) is 0.105. The zero-order valence-electron chi connectivity index (χ0n) is 12.7. The van der Waals surface area contributed by atoms with E-state index in [2.05, 4.69) is 5.32 Å². The van der Waals surface area contributed by atoms with Crippen LogP contribution in [0.1, 0.15) is 23.5 Å². The van der Waals surface area contributed by atoms with Crippen LogP contribution in [0.2, 0.25) is 0 Å². The molecule has 5 heteroatoms. The molecule has 3 aromatic rings. The van der Waals surface area contributed by atoms with E-state index in [1.54, 1.807) is 18.2 Å². The quantitative estimate of drug-likeness (QED) is 0.568. The summed E-state index contributed by atoms with van der Waals surface area (Å²) in [6.07, 6.45) is 0.205. The van der Waals surface area contributed by atoms with Crippen LogP contribution in [0.15, 0.2) is 60.7 Å². The number of nitrogens with one attached hydrogen (secondary N) is 1. The van der Waals surface area contributed by atoms with Gasteiger partial charge in [-0.05, 0) is 10.9 Å². The third kappa shape index (κ3) is 2.22. The van der Waals surface area contributed by atoms with Gasteiger partial charge in [-0.25, -0.2) is 0 Å². The van der Waals surface area contributed by atoms with E-state index in [0.717, 1.165) is 22.0 Å². The van der Waals surface area contributed by atoms with Gasteiger partial charge in [0.05, 0.1) is 10.6 Å². The fourth-order valence-corrected chi connectivity index (χ4v) is 3.43. The Balaban J connectivity index is 1.96. The molecule has 3 aromatic carbocycles. The minimum atomic E-state index is -0.386. The number of carbonyl (C=O) groups is 1. The first-order valence-corrected chi connectivity index (χ1v) is 7.70. The second-order valence-corrected chi connectivity index (χ2v) is 5.87. The van der Waals surface area contributed by atoms with Crippen LogP contribution in [-0.2, 0) is 4.79 Å². The molecular weight excluding hydrogens is 304 g/mol.